The van der Waals surface area contributed by atoms with Crippen molar-refractivity contribution in [3.63, 3.8) is 0 Å². The van der Waals surface area contributed by atoms with Gasteiger partial charge >= 0.3 is 0 Å². The minimum Gasteiger partial charge on any atom is -0.503 e. The van der Waals surface area contributed by atoms with Crippen molar-refractivity contribution in [2.24, 2.45) is 0 Å². The van der Waals surface area contributed by atoms with Crippen molar-refractivity contribution in [3.8, 4) is 23.0 Å². The monoisotopic (exact) mass is 533 g/mol. The second kappa shape index (κ2) is 10.1. The summed E-state index contributed by atoms with van der Waals surface area (Å²) >= 11 is 0. The molecule has 0 fully saturated rings. The molecule has 1 unspecified atom stereocenters. The minimum absolute atomic E-state index is 0.123. The van der Waals surface area contributed by atoms with Gasteiger partial charge < -0.3 is 28.5 Å². The van der Waals surface area contributed by atoms with Gasteiger partial charge in [0.2, 0.25) is 11.5 Å². The number of anilines is 1. The van der Waals surface area contributed by atoms with Gasteiger partial charge in [0.25, 0.3) is 5.91 Å². The molecule has 10 heteroatoms. The Hall–Kier alpha value is -4.99. The predicted octanol–water partition coefficient (Wildman–Crippen LogP) is 5.39. The van der Waals surface area contributed by atoms with E-state index < -0.39 is 29.3 Å². The van der Waals surface area contributed by atoms with Crippen molar-refractivity contribution >= 4 is 28.3 Å². The first-order chi connectivity index (χ1) is 18.8. The number of aliphatic hydroxyl groups is 1. The maximum absolute atomic E-state index is 14.3. The van der Waals surface area contributed by atoms with E-state index >= 15 is 0 Å². The van der Waals surface area contributed by atoms with Gasteiger partial charge in [-0.25, -0.2) is 4.39 Å². The Balaban J connectivity index is 1.73. The van der Waals surface area contributed by atoms with Crippen molar-refractivity contribution in [1.82, 2.24) is 0 Å². The highest BCUT2D eigenvalue weighted by Crippen LogP contribution is 2.47. The van der Waals surface area contributed by atoms with Crippen LogP contribution in [0.1, 0.15) is 22.2 Å². The van der Waals surface area contributed by atoms with Gasteiger partial charge in [0, 0.05) is 11.1 Å². The fourth-order valence-electron chi connectivity index (χ4n) is 4.75. The summed E-state index contributed by atoms with van der Waals surface area (Å²) < 4.78 is 41.8. The third-order valence-electron chi connectivity index (χ3n) is 6.49. The van der Waals surface area contributed by atoms with Crippen LogP contribution in [-0.4, -0.2) is 45.2 Å². The number of nitrogens with zero attached hydrogens (tertiary/aromatic N) is 1. The van der Waals surface area contributed by atoms with Gasteiger partial charge in [0.05, 0.1) is 40.1 Å². The van der Waals surface area contributed by atoms with E-state index in [0.29, 0.717) is 22.3 Å². The summed E-state index contributed by atoms with van der Waals surface area (Å²) in [5, 5.41) is 11.7. The van der Waals surface area contributed by atoms with Gasteiger partial charge in [-0.3, -0.25) is 14.5 Å². The number of rotatable bonds is 8. The molecular weight excluding hydrogens is 509 g/mol. The standard InChI is InChI=1S/C29H24FNO8/c1-35-19-10-5-7-15-11-20(39-27(15)19)25(32)23-24(16-12-21(36-2)28(38-4)22(13-16)37-3)31(29(34)26(23)33)18-9-6-8-17(30)14-18/h5-14,24,33H,1-4H3. The molecule has 0 aliphatic carbocycles. The molecule has 5 rings (SSSR count). The van der Waals surface area contributed by atoms with Gasteiger partial charge in [0.15, 0.2) is 34.4 Å². The van der Waals surface area contributed by atoms with E-state index in [-0.39, 0.29) is 34.3 Å². The number of halogens is 1. The van der Waals surface area contributed by atoms with Crippen LogP contribution >= 0.6 is 0 Å². The number of hydrogen-bond acceptors (Lipinski definition) is 8. The number of furan rings is 1. The van der Waals surface area contributed by atoms with E-state index in [1.54, 1.807) is 30.3 Å². The van der Waals surface area contributed by atoms with Gasteiger partial charge in [-0.2, -0.15) is 0 Å². The average molecular weight is 534 g/mol. The molecule has 1 aromatic heterocycles. The first kappa shape index (κ1) is 25.7. The quantitative estimate of drug-likeness (QED) is 0.301. The third kappa shape index (κ3) is 4.19. The van der Waals surface area contributed by atoms with Crippen LogP contribution in [0.3, 0.4) is 0 Å². The second-order valence-corrected chi connectivity index (χ2v) is 8.60. The minimum atomic E-state index is -1.20. The summed E-state index contributed by atoms with van der Waals surface area (Å²) in [5.41, 5.74) is 0.526. The van der Waals surface area contributed by atoms with Crippen molar-refractivity contribution in [1.29, 1.82) is 0 Å². The van der Waals surface area contributed by atoms with E-state index in [0.717, 1.165) is 11.0 Å². The van der Waals surface area contributed by atoms with Crippen LogP contribution in [0.5, 0.6) is 23.0 Å². The molecule has 3 aromatic carbocycles. The zero-order valence-corrected chi connectivity index (χ0v) is 21.5. The number of benzene rings is 3. The number of amides is 1. The average Bonchev–Trinajstić information content (AvgIpc) is 3.50. The normalized spacial score (nSPS) is 15.2. The smallest absolute Gasteiger partial charge is 0.294 e. The van der Waals surface area contributed by atoms with E-state index in [9.17, 15) is 19.1 Å². The number of carbonyl (C=O) groups is 2. The summed E-state index contributed by atoms with van der Waals surface area (Å²) in [6, 6.07) is 13.9. The summed E-state index contributed by atoms with van der Waals surface area (Å²) in [6.07, 6.45) is 0. The zero-order chi connectivity index (χ0) is 27.8. The van der Waals surface area contributed by atoms with Gasteiger partial charge in [0.1, 0.15) is 5.82 Å². The molecule has 2 heterocycles. The highest BCUT2D eigenvalue weighted by Gasteiger charge is 2.46. The topological polar surface area (TPSA) is 108 Å². The molecule has 9 nitrogen and oxygen atoms in total. The first-order valence-corrected chi connectivity index (χ1v) is 11.8. The van der Waals surface area contributed by atoms with Crippen LogP contribution in [0.4, 0.5) is 10.1 Å². The van der Waals surface area contributed by atoms with Crippen LogP contribution in [0.2, 0.25) is 0 Å². The summed E-state index contributed by atoms with van der Waals surface area (Å²) in [5.74, 6) is -1.94. The highest BCUT2D eigenvalue weighted by molar-refractivity contribution is 6.20. The van der Waals surface area contributed by atoms with E-state index in [4.69, 9.17) is 23.4 Å². The molecule has 1 amide bonds. The van der Waals surface area contributed by atoms with Crippen LogP contribution in [0.15, 0.2) is 76.4 Å². The number of fused-ring (bicyclic) bond motifs is 1. The number of methoxy groups -OCH3 is 4. The van der Waals surface area contributed by atoms with Crippen molar-refractivity contribution in [3.05, 3.63) is 89.1 Å². The Labute approximate surface area is 222 Å². The largest absolute Gasteiger partial charge is 0.503 e. The summed E-state index contributed by atoms with van der Waals surface area (Å²) in [7, 11) is 5.76. The number of ether oxygens (including phenoxy) is 4. The Morgan fingerprint density at radius 2 is 1.56 bits per heavy atom. The molecule has 0 bridgehead atoms. The third-order valence-corrected chi connectivity index (χ3v) is 6.49. The molecule has 0 spiro atoms. The van der Waals surface area contributed by atoms with Crippen LogP contribution in [0.25, 0.3) is 11.0 Å². The highest BCUT2D eigenvalue weighted by atomic mass is 19.1. The lowest BCUT2D eigenvalue weighted by molar-refractivity contribution is -0.117. The van der Waals surface area contributed by atoms with Gasteiger partial charge in [-0.1, -0.05) is 18.2 Å². The lowest BCUT2D eigenvalue weighted by Gasteiger charge is -2.27. The SMILES string of the molecule is COc1cc(C2C(C(=O)c3cc4cccc(OC)c4o3)=C(O)C(=O)N2c2cccc(F)c2)cc(OC)c1OC. The predicted molar refractivity (Wildman–Crippen MR) is 139 cm³/mol. The van der Waals surface area contributed by atoms with E-state index in [1.807, 2.05) is 0 Å². The molecular formula is C29H24FNO8. The second-order valence-electron chi connectivity index (χ2n) is 8.60. The Bertz CT molecular complexity index is 1610. The lowest BCUT2D eigenvalue weighted by Crippen LogP contribution is -2.31. The molecule has 1 atom stereocenters. The van der Waals surface area contributed by atoms with Crippen LogP contribution in [-0.2, 0) is 4.79 Å². The number of para-hydroxylation sites is 1. The number of ketones is 1. The van der Waals surface area contributed by atoms with Crippen LogP contribution < -0.4 is 23.8 Å². The first-order valence-electron chi connectivity index (χ1n) is 11.8. The fraction of sp³-hybridized carbons (Fsp3) is 0.172. The van der Waals surface area contributed by atoms with Gasteiger partial charge in [-0.15, -0.1) is 0 Å². The molecule has 39 heavy (non-hydrogen) atoms. The van der Waals surface area contributed by atoms with E-state index in [1.165, 1.54) is 52.7 Å². The Kier molecular flexibility index (Phi) is 6.61. The molecule has 0 saturated heterocycles. The summed E-state index contributed by atoms with van der Waals surface area (Å²) in [4.78, 5) is 28.5. The number of carbonyl (C=O) groups excluding carboxylic acids is 2. The van der Waals surface area contributed by atoms with Crippen molar-refractivity contribution in [2.75, 3.05) is 33.3 Å². The van der Waals surface area contributed by atoms with Crippen LogP contribution in [0, 0.1) is 5.82 Å². The van der Waals surface area contributed by atoms with E-state index in [2.05, 4.69) is 0 Å². The number of hydrogen-bond donors (Lipinski definition) is 1. The van der Waals surface area contributed by atoms with Gasteiger partial charge in [-0.05, 0) is 48.0 Å². The Morgan fingerprint density at radius 3 is 2.18 bits per heavy atom. The molecule has 1 N–H and O–H groups in total. The fourth-order valence-corrected chi connectivity index (χ4v) is 4.75. The zero-order valence-electron chi connectivity index (χ0n) is 21.5. The molecule has 200 valence electrons. The maximum atomic E-state index is 14.3. The number of aliphatic hydroxyl groups excluding tert-OH is 1. The molecule has 0 saturated carbocycles. The molecule has 1 aliphatic rings. The molecule has 1 aliphatic heterocycles. The number of Topliss-reactive ketones (excluding diaryl/α,β-unsaturated/α-hetero) is 1. The Morgan fingerprint density at radius 1 is 0.897 bits per heavy atom. The summed E-state index contributed by atoms with van der Waals surface area (Å²) in [6.45, 7) is 0. The van der Waals surface area contributed by atoms with Crippen molar-refractivity contribution < 1.29 is 42.5 Å². The molecule has 0 radical (unpaired) electrons. The lowest BCUT2D eigenvalue weighted by atomic mass is 9.94. The van der Waals surface area contributed by atoms with Crippen molar-refractivity contribution in [2.45, 2.75) is 6.04 Å². The molecule has 4 aromatic rings. The maximum Gasteiger partial charge on any atom is 0.294 e.